The van der Waals surface area contributed by atoms with E-state index in [1.807, 2.05) is 57.2 Å². The summed E-state index contributed by atoms with van der Waals surface area (Å²) in [5, 5.41) is 4.28. The van der Waals surface area contributed by atoms with Crippen LogP contribution in [0, 0.1) is 13.8 Å². The first-order valence-electron chi connectivity index (χ1n) is 11.1. The summed E-state index contributed by atoms with van der Waals surface area (Å²) in [6.07, 6.45) is 1.21. The highest BCUT2D eigenvalue weighted by Gasteiger charge is 2.20. The molecule has 0 fully saturated rings. The molecule has 0 saturated carbocycles. The van der Waals surface area contributed by atoms with Gasteiger partial charge in [-0.25, -0.2) is 4.79 Å². The summed E-state index contributed by atoms with van der Waals surface area (Å²) in [5.74, 6) is 0.0254. The first kappa shape index (κ1) is 22.2. The Labute approximate surface area is 193 Å². The Hall–Kier alpha value is -3.99. The predicted molar refractivity (Wildman–Crippen MR) is 132 cm³/mol. The molecule has 0 saturated heterocycles. The van der Waals surface area contributed by atoms with Crippen LogP contribution in [-0.4, -0.2) is 16.7 Å². The Balaban J connectivity index is 1.79. The molecule has 1 aromatic heterocycles. The Morgan fingerprint density at radius 2 is 1.67 bits per heavy atom. The van der Waals surface area contributed by atoms with E-state index in [1.165, 1.54) is 0 Å². The average Bonchev–Trinajstić information content (AvgIpc) is 2.81. The molecule has 0 radical (unpaired) electrons. The minimum Gasteiger partial charge on any atom is -0.423 e. The molecule has 0 unspecified atom stereocenters. The second-order valence-corrected chi connectivity index (χ2v) is 7.99. The van der Waals surface area contributed by atoms with Gasteiger partial charge in [0, 0.05) is 23.6 Å². The molecule has 0 spiro atoms. The van der Waals surface area contributed by atoms with Crippen molar-refractivity contribution in [2.45, 2.75) is 33.6 Å². The van der Waals surface area contributed by atoms with Crippen LogP contribution in [0.4, 0.5) is 11.4 Å². The van der Waals surface area contributed by atoms with Gasteiger partial charge in [0.15, 0.2) is 5.78 Å². The molecule has 5 heteroatoms. The standard InChI is InChI=1S/C28H26N2O3/c1-4-10-25(31)26-19(3)29-24-17-21(33-28(32)20-12-6-5-7-13-20)15-16-22(24)27(26)30-23-14-9-8-11-18(23)2/h5-9,11-17H,4,10H2,1-3H3,(H,29,30). The number of aryl methyl sites for hydroxylation is 2. The maximum atomic E-state index is 13.0. The van der Waals surface area contributed by atoms with Crippen LogP contribution in [-0.2, 0) is 0 Å². The SMILES string of the molecule is CCCC(=O)c1c(C)nc2cc(OC(=O)c3ccccc3)ccc2c1Nc1ccccc1C. The van der Waals surface area contributed by atoms with E-state index in [0.29, 0.717) is 34.5 Å². The zero-order valence-electron chi connectivity index (χ0n) is 19.0. The number of benzene rings is 3. The van der Waals surface area contributed by atoms with Crippen molar-refractivity contribution in [2.24, 2.45) is 0 Å². The molecule has 1 heterocycles. The maximum Gasteiger partial charge on any atom is 0.343 e. The first-order chi connectivity index (χ1) is 16.0. The number of ether oxygens (including phenoxy) is 1. The highest BCUT2D eigenvalue weighted by molar-refractivity contribution is 6.10. The summed E-state index contributed by atoms with van der Waals surface area (Å²) >= 11 is 0. The molecule has 0 amide bonds. The maximum absolute atomic E-state index is 13.0. The molecule has 3 aromatic carbocycles. The van der Waals surface area contributed by atoms with Crippen LogP contribution in [0.2, 0.25) is 0 Å². The van der Waals surface area contributed by atoms with Crippen molar-refractivity contribution < 1.29 is 14.3 Å². The van der Waals surface area contributed by atoms with Gasteiger partial charge < -0.3 is 10.1 Å². The third-order valence-corrected chi connectivity index (χ3v) is 5.52. The normalized spacial score (nSPS) is 10.8. The number of nitrogens with one attached hydrogen (secondary N) is 1. The van der Waals surface area contributed by atoms with Gasteiger partial charge in [0.2, 0.25) is 0 Å². The van der Waals surface area contributed by atoms with Gasteiger partial charge in [-0.2, -0.15) is 0 Å². The molecule has 0 aliphatic carbocycles. The minimum absolute atomic E-state index is 0.0556. The van der Waals surface area contributed by atoms with Crippen molar-refractivity contribution in [3.63, 3.8) is 0 Å². The van der Waals surface area contributed by atoms with Crippen molar-refractivity contribution >= 4 is 34.0 Å². The fourth-order valence-electron chi connectivity index (χ4n) is 3.84. The Kier molecular flexibility index (Phi) is 6.50. The van der Waals surface area contributed by atoms with E-state index in [4.69, 9.17) is 9.72 Å². The van der Waals surface area contributed by atoms with Crippen molar-refractivity contribution in [1.82, 2.24) is 4.98 Å². The third kappa shape index (κ3) is 4.77. The topological polar surface area (TPSA) is 68.3 Å². The Bertz CT molecular complexity index is 1330. The van der Waals surface area contributed by atoms with Gasteiger partial charge in [-0.05, 0) is 56.2 Å². The summed E-state index contributed by atoms with van der Waals surface area (Å²) < 4.78 is 5.58. The number of pyridine rings is 1. The van der Waals surface area contributed by atoms with Gasteiger partial charge in [-0.3, -0.25) is 9.78 Å². The number of Topliss-reactive ketones (excluding diaryl/α,β-unsaturated/α-hetero) is 1. The van der Waals surface area contributed by atoms with Crippen LogP contribution in [0.25, 0.3) is 10.9 Å². The molecule has 5 nitrogen and oxygen atoms in total. The van der Waals surface area contributed by atoms with Crippen molar-refractivity contribution in [3.8, 4) is 5.75 Å². The highest BCUT2D eigenvalue weighted by Crippen LogP contribution is 2.35. The lowest BCUT2D eigenvalue weighted by Crippen LogP contribution is -2.10. The lowest BCUT2D eigenvalue weighted by atomic mass is 9.99. The number of aromatic nitrogens is 1. The number of fused-ring (bicyclic) bond motifs is 1. The fraction of sp³-hybridized carbons (Fsp3) is 0.179. The number of hydrogen-bond donors (Lipinski definition) is 1. The predicted octanol–water partition coefficient (Wildman–Crippen LogP) is 6.80. The number of esters is 1. The second kappa shape index (κ2) is 9.65. The van der Waals surface area contributed by atoms with Gasteiger partial charge in [-0.1, -0.05) is 43.3 Å². The lowest BCUT2D eigenvalue weighted by Gasteiger charge is -2.18. The van der Waals surface area contributed by atoms with Crippen LogP contribution in [0.15, 0.2) is 72.8 Å². The van der Waals surface area contributed by atoms with E-state index in [-0.39, 0.29) is 5.78 Å². The summed E-state index contributed by atoms with van der Waals surface area (Å²) in [6.45, 7) is 5.85. The van der Waals surface area contributed by atoms with Crippen molar-refractivity contribution in [3.05, 3.63) is 95.2 Å². The number of ketones is 1. The first-order valence-corrected chi connectivity index (χ1v) is 11.1. The smallest absolute Gasteiger partial charge is 0.343 e. The summed E-state index contributed by atoms with van der Waals surface area (Å²) in [4.78, 5) is 30.2. The number of anilines is 2. The molecule has 4 aromatic rings. The molecular weight excluding hydrogens is 412 g/mol. The minimum atomic E-state index is -0.431. The number of hydrogen-bond acceptors (Lipinski definition) is 5. The quantitative estimate of drug-likeness (QED) is 0.195. The molecule has 0 aliphatic heterocycles. The summed E-state index contributed by atoms with van der Waals surface area (Å²) in [5.41, 5.74) is 5.09. The molecule has 0 bridgehead atoms. The zero-order valence-corrected chi connectivity index (χ0v) is 19.0. The van der Waals surface area contributed by atoms with Crippen LogP contribution < -0.4 is 10.1 Å². The molecule has 4 rings (SSSR count). The largest absolute Gasteiger partial charge is 0.423 e. The van der Waals surface area contributed by atoms with E-state index in [9.17, 15) is 9.59 Å². The highest BCUT2D eigenvalue weighted by atomic mass is 16.5. The van der Waals surface area contributed by atoms with E-state index >= 15 is 0 Å². The number of carbonyl (C=O) groups excluding carboxylic acids is 2. The molecule has 0 atom stereocenters. The lowest BCUT2D eigenvalue weighted by molar-refractivity contribution is 0.0734. The third-order valence-electron chi connectivity index (χ3n) is 5.52. The zero-order chi connectivity index (χ0) is 23.4. The second-order valence-electron chi connectivity index (χ2n) is 7.99. The number of nitrogens with zero attached hydrogens (tertiary/aromatic N) is 1. The summed E-state index contributed by atoms with van der Waals surface area (Å²) in [7, 11) is 0. The van der Waals surface area contributed by atoms with Crippen LogP contribution in [0.5, 0.6) is 5.75 Å². The van der Waals surface area contributed by atoms with Crippen LogP contribution in [0.1, 0.15) is 51.7 Å². The fourth-order valence-corrected chi connectivity index (χ4v) is 3.84. The van der Waals surface area contributed by atoms with E-state index in [2.05, 4.69) is 5.32 Å². The van der Waals surface area contributed by atoms with Gasteiger partial charge in [0.1, 0.15) is 5.75 Å². The Morgan fingerprint density at radius 1 is 0.939 bits per heavy atom. The monoisotopic (exact) mass is 438 g/mol. The number of carbonyl (C=O) groups is 2. The molecular formula is C28H26N2O3. The molecule has 1 N–H and O–H groups in total. The summed E-state index contributed by atoms with van der Waals surface area (Å²) in [6, 6.07) is 22.1. The molecule has 0 aliphatic rings. The Morgan fingerprint density at radius 3 is 2.39 bits per heavy atom. The van der Waals surface area contributed by atoms with Gasteiger partial charge in [0.25, 0.3) is 0 Å². The van der Waals surface area contributed by atoms with Crippen LogP contribution in [0.3, 0.4) is 0 Å². The average molecular weight is 439 g/mol. The molecule has 33 heavy (non-hydrogen) atoms. The van der Waals surface area contributed by atoms with Crippen molar-refractivity contribution in [2.75, 3.05) is 5.32 Å². The van der Waals surface area contributed by atoms with Gasteiger partial charge in [-0.15, -0.1) is 0 Å². The number of para-hydroxylation sites is 1. The van der Waals surface area contributed by atoms with Gasteiger partial charge >= 0.3 is 5.97 Å². The van der Waals surface area contributed by atoms with Gasteiger partial charge in [0.05, 0.1) is 28.0 Å². The van der Waals surface area contributed by atoms with E-state index in [1.54, 1.807) is 36.4 Å². The van der Waals surface area contributed by atoms with Crippen LogP contribution >= 0.6 is 0 Å². The van der Waals surface area contributed by atoms with E-state index in [0.717, 1.165) is 28.7 Å². The van der Waals surface area contributed by atoms with E-state index < -0.39 is 5.97 Å². The molecule has 166 valence electrons. The number of rotatable bonds is 7. The van der Waals surface area contributed by atoms with Crippen molar-refractivity contribution in [1.29, 1.82) is 0 Å².